The van der Waals surface area contributed by atoms with Gasteiger partial charge in [-0.2, -0.15) is 12.6 Å². The quantitative estimate of drug-likeness (QED) is 0.221. The molecule has 0 saturated carbocycles. The van der Waals surface area contributed by atoms with Crippen LogP contribution in [0.2, 0.25) is 0 Å². The van der Waals surface area contributed by atoms with Crippen LogP contribution in [-0.2, 0) is 38.6 Å². The topological polar surface area (TPSA) is 116 Å². The molecular formula is C23H28N4O4S. The first kappa shape index (κ1) is 24.9. The number of amides is 4. The summed E-state index contributed by atoms with van der Waals surface area (Å²) in [6, 6.07) is 15.8. The Morgan fingerprint density at radius 1 is 0.875 bits per heavy atom. The van der Waals surface area contributed by atoms with Gasteiger partial charge in [0.2, 0.25) is 24.1 Å². The van der Waals surface area contributed by atoms with Crippen LogP contribution in [0.15, 0.2) is 54.6 Å². The third kappa shape index (κ3) is 9.22. The van der Waals surface area contributed by atoms with Crippen molar-refractivity contribution in [3.63, 3.8) is 0 Å². The molecule has 0 aliphatic carbocycles. The molecule has 170 valence electrons. The molecule has 0 fully saturated rings. The minimum Gasteiger partial charge on any atom is -0.355 e. The summed E-state index contributed by atoms with van der Waals surface area (Å²) < 4.78 is 0. The van der Waals surface area contributed by atoms with Crippen LogP contribution in [0.25, 0.3) is 0 Å². The van der Waals surface area contributed by atoms with Crippen molar-refractivity contribution in [1.29, 1.82) is 0 Å². The van der Waals surface area contributed by atoms with Gasteiger partial charge in [0.05, 0.1) is 13.0 Å². The molecule has 2 rings (SSSR count). The molecule has 8 nitrogen and oxygen atoms in total. The van der Waals surface area contributed by atoms with E-state index in [4.69, 9.17) is 0 Å². The van der Waals surface area contributed by atoms with Gasteiger partial charge in [0, 0.05) is 25.3 Å². The zero-order valence-corrected chi connectivity index (χ0v) is 18.6. The number of thiol groups is 1. The summed E-state index contributed by atoms with van der Waals surface area (Å²) in [5, 5.41) is 10.6. The van der Waals surface area contributed by atoms with Crippen molar-refractivity contribution in [2.75, 3.05) is 18.8 Å². The van der Waals surface area contributed by atoms with E-state index in [0.29, 0.717) is 31.7 Å². The average Bonchev–Trinajstić information content (AvgIpc) is 2.81. The zero-order chi connectivity index (χ0) is 23.2. The average molecular weight is 457 g/mol. The summed E-state index contributed by atoms with van der Waals surface area (Å²) >= 11 is 4.02. The number of hydrogen-bond donors (Lipinski definition) is 5. The zero-order valence-electron chi connectivity index (χ0n) is 17.7. The van der Waals surface area contributed by atoms with Gasteiger partial charge >= 0.3 is 0 Å². The van der Waals surface area contributed by atoms with Gasteiger partial charge in [-0.3, -0.25) is 19.2 Å². The lowest BCUT2D eigenvalue weighted by Gasteiger charge is -2.19. The maximum Gasteiger partial charge on any atom is 0.243 e. The second kappa shape index (κ2) is 13.9. The van der Waals surface area contributed by atoms with E-state index in [0.717, 1.165) is 16.7 Å². The molecule has 0 aliphatic rings. The Hall–Kier alpha value is -3.33. The predicted octanol–water partition coefficient (Wildman–Crippen LogP) is 0.365. The van der Waals surface area contributed by atoms with E-state index in [-0.39, 0.29) is 24.8 Å². The molecule has 1 atom stereocenters. The van der Waals surface area contributed by atoms with Crippen molar-refractivity contribution < 1.29 is 19.2 Å². The van der Waals surface area contributed by atoms with Crippen molar-refractivity contribution in [2.45, 2.75) is 25.4 Å². The Morgan fingerprint density at radius 3 is 2.22 bits per heavy atom. The summed E-state index contributed by atoms with van der Waals surface area (Å²) in [4.78, 5) is 47.5. The lowest BCUT2D eigenvalue weighted by molar-refractivity contribution is -0.130. The largest absolute Gasteiger partial charge is 0.355 e. The lowest BCUT2D eigenvalue weighted by Crippen LogP contribution is -2.50. The fourth-order valence-electron chi connectivity index (χ4n) is 2.97. The molecule has 4 N–H and O–H groups in total. The summed E-state index contributed by atoms with van der Waals surface area (Å²) in [6.07, 6.45) is 1.03. The third-order valence-corrected chi connectivity index (χ3v) is 4.79. The van der Waals surface area contributed by atoms with E-state index in [1.165, 1.54) is 0 Å². The van der Waals surface area contributed by atoms with Gasteiger partial charge in [-0.15, -0.1) is 0 Å². The molecule has 0 spiro atoms. The van der Waals surface area contributed by atoms with Crippen molar-refractivity contribution in [2.24, 2.45) is 0 Å². The highest BCUT2D eigenvalue weighted by molar-refractivity contribution is 7.80. The van der Waals surface area contributed by atoms with Crippen LogP contribution in [0.5, 0.6) is 0 Å². The molecule has 0 aliphatic heterocycles. The molecule has 0 radical (unpaired) electrons. The SMILES string of the molecule is O=CNCc1ccc(CC(=O)NC(Cc2ccccc2)C(=O)NCC(=O)NCCS)cc1. The predicted molar refractivity (Wildman–Crippen MR) is 125 cm³/mol. The highest BCUT2D eigenvalue weighted by Gasteiger charge is 2.22. The van der Waals surface area contributed by atoms with Crippen molar-refractivity contribution in [1.82, 2.24) is 21.3 Å². The van der Waals surface area contributed by atoms with Crippen LogP contribution in [-0.4, -0.2) is 49.0 Å². The van der Waals surface area contributed by atoms with Crippen LogP contribution >= 0.6 is 12.6 Å². The van der Waals surface area contributed by atoms with Gasteiger partial charge < -0.3 is 21.3 Å². The minimum atomic E-state index is -0.821. The highest BCUT2D eigenvalue weighted by atomic mass is 32.1. The number of carbonyl (C=O) groups excluding carboxylic acids is 4. The number of rotatable bonds is 13. The van der Waals surface area contributed by atoms with E-state index in [1.54, 1.807) is 12.1 Å². The highest BCUT2D eigenvalue weighted by Crippen LogP contribution is 2.07. The Morgan fingerprint density at radius 2 is 1.56 bits per heavy atom. The molecule has 32 heavy (non-hydrogen) atoms. The molecule has 2 aromatic rings. The van der Waals surface area contributed by atoms with E-state index in [2.05, 4.69) is 33.9 Å². The van der Waals surface area contributed by atoms with Crippen LogP contribution in [0.1, 0.15) is 16.7 Å². The fourth-order valence-corrected chi connectivity index (χ4v) is 3.08. The van der Waals surface area contributed by atoms with Crippen LogP contribution in [0.3, 0.4) is 0 Å². The van der Waals surface area contributed by atoms with E-state index in [9.17, 15) is 19.2 Å². The summed E-state index contributed by atoms with van der Waals surface area (Å²) in [5.74, 6) is -0.555. The number of hydrogen-bond acceptors (Lipinski definition) is 5. The van der Waals surface area contributed by atoms with Crippen LogP contribution < -0.4 is 21.3 Å². The molecule has 0 saturated heterocycles. The van der Waals surface area contributed by atoms with Gasteiger partial charge in [0.25, 0.3) is 0 Å². The van der Waals surface area contributed by atoms with Gasteiger partial charge in [0.1, 0.15) is 6.04 Å². The number of benzene rings is 2. The van der Waals surface area contributed by atoms with E-state index >= 15 is 0 Å². The summed E-state index contributed by atoms with van der Waals surface area (Å²) in [5.41, 5.74) is 2.58. The van der Waals surface area contributed by atoms with E-state index < -0.39 is 11.9 Å². The Bertz CT molecular complexity index is 891. The summed E-state index contributed by atoms with van der Waals surface area (Å²) in [6.45, 7) is 0.646. The summed E-state index contributed by atoms with van der Waals surface area (Å²) in [7, 11) is 0. The molecule has 0 aromatic heterocycles. The smallest absolute Gasteiger partial charge is 0.243 e. The van der Waals surface area contributed by atoms with Gasteiger partial charge in [-0.05, 0) is 16.7 Å². The molecule has 0 bridgehead atoms. The Balaban J connectivity index is 1.98. The third-order valence-electron chi connectivity index (χ3n) is 4.57. The second-order valence-electron chi connectivity index (χ2n) is 7.09. The number of nitrogens with one attached hydrogen (secondary N) is 4. The van der Waals surface area contributed by atoms with Crippen molar-refractivity contribution in [3.8, 4) is 0 Å². The maximum atomic E-state index is 12.7. The molecule has 2 aromatic carbocycles. The van der Waals surface area contributed by atoms with Gasteiger partial charge in [-0.1, -0.05) is 54.6 Å². The standard InChI is InChI=1S/C23H28N4O4S/c28-16-24-14-19-8-6-18(7-9-19)13-21(29)27-20(12-17-4-2-1-3-5-17)23(31)26-15-22(30)25-10-11-32/h1-9,16,20,32H,10-15H2,(H,24,28)(H,25,30)(H,26,31)(H,27,29). The van der Waals surface area contributed by atoms with Crippen LogP contribution in [0.4, 0.5) is 0 Å². The minimum absolute atomic E-state index is 0.0996. The maximum absolute atomic E-state index is 12.7. The van der Waals surface area contributed by atoms with Gasteiger partial charge in [0.15, 0.2) is 0 Å². The lowest BCUT2D eigenvalue weighted by atomic mass is 10.0. The first-order valence-electron chi connectivity index (χ1n) is 10.2. The van der Waals surface area contributed by atoms with Crippen molar-refractivity contribution >= 4 is 36.8 Å². The van der Waals surface area contributed by atoms with Gasteiger partial charge in [-0.25, -0.2) is 0 Å². The first-order chi connectivity index (χ1) is 15.5. The molecular weight excluding hydrogens is 428 g/mol. The molecule has 0 heterocycles. The molecule has 1 unspecified atom stereocenters. The Labute approximate surface area is 193 Å². The van der Waals surface area contributed by atoms with Crippen LogP contribution in [0, 0.1) is 0 Å². The van der Waals surface area contributed by atoms with Crippen molar-refractivity contribution in [3.05, 3.63) is 71.3 Å². The normalized spacial score (nSPS) is 11.2. The molecule has 9 heteroatoms. The Kier molecular flexibility index (Phi) is 10.8. The monoisotopic (exact) mass is 456 g/mol. The van der Waals surface area contributed by atoms with E-state index in [1.807, 2.05) is 42.5 Å². The number of carbonyl (C=O) groups is 4. The first-order valence-corrected chi connectivity index (χ1v) is 10.9. The molecule has 4 amide bonds. The fraction of sp³-hybridized carbons (Fsp3) is 0.304. The second-order valence-corrected chi connectivity index (χ2v) is 7.54.